The van der Waals surface area contributed by atoms with E-state index in [1.165, 1.54) is 37.8 Å². The normalized spacial score (nSPS) is 10.6. The summed E-state index contributed by atoms with van der Waals surface area (Å²) in [5, 5.41) is 9.11. The van der Waals surface area contributed by atoms with Gasteiger partial charge in [0.25, 0.3) is 5.91 Å². The molecule has 0 radical (unpaired) electrons. The van der Waals surface area contributed by atoms with Gasteiger partial charge in [-0.2, -0.15) is 0 Å². The summed E-state index contributed by atoms with van der Waals surface area (Å²) in [6.07, 6.45) is 7.02. The Labute approximate surface area is 120 Å². The lowest BCUT2D eigenvalue weighted by Gasteiger charge is -2.17. The van der Waals surface area contributed by atoms with E-state index in [1.54, 1.807) is 11.9 Å². The Morgan fingerprint density at radius 2 is 1.85 bits per heavy atom. The lowest BCUT2D eigenvalue weighted by molar-refractivity contribution is 0.0792. The summed E-state index contributed by atoms with van der Waals surface area (Å²) in [4.78, 5) is 13.7. The third kappa shape index (κ3) is 5.19. The van der Waals surface area contributed by atoms with Crippen molar-refractivity contribution in [3.8, 4) is 5.75 Å². The van der Waals surface area contributed by atoms with Gasteiger partial charge in [-0.05, 0) is 24.6 Å². The lowest BCUT2D eigenvalue weighted by Crippen LogP contribution is -2.27. The van der Waals surface area contributed by atoms with E-state index in [0.717, 1.165) is 18.9 Å². The Hall–Kier alpha value is -1.58. The number of amides is 1. The van der Waals surface area contributed by atoms with Crippen LogP contribution < -0.4 is 0 Å². The number of rotatable bonds is 8. The van der Waals surface area contributed by atoms with E-state index in [2.05, 4.69) is 6.92 Å². The summed E-state index contributed by atoms with van der Waals surface area (Å²) in [5.41, 5.74) is 0.272. The first-order chi connectivity index (χ1) is 9.56. The average Bonchev–Trinajstić information content (AvgIpc) is 2.44. The summed E-state index contributed by atoms with van der Waals surface area (Å²) >= 11 is 0. The quantitative estimate of drug-likeness (QED) is 0.733. The monoisotopic (exact) mass is 281 g/mol. The van der Waals surface area contributed by atoms with Crippen LogP contribution in [0, 0.1) is 5.82 Å². The largest absolute Gasteiger partial charge is 0.505 e. The van der Waals surface area contributed by atoms with E-state index in [0.29, 0.717) is 6.54 Å². The summed E-state index contributed by atoms with van der Waals surface area (Å²) in [6, 6.07) is 3.73. The Morgan fingerprint density at radius 1 is 1.20 bits per heavy atom. The van der Waals surface area contributed by atoms with Crippen molar-refractivity contribution in [2.75, 3.05) is 13.6 Å². The van der Waals surface area contributed by atoms with Crippen molar-refractivity contribution >= 4 is 5.91 Å². The van der Waals surface area contributed by atoms with Crippen LogP contribution in [-0.2, 0) is 0 Å². The molecule has 0 aliphatic carbocycles. The number of phenols is 1. The number of phenolic OH excluding ortho intramolecular Hbond substituents is 1. The van der Waals surface area contributed by atoms with E-state index in [1.807, 2.05) is 0 Å². The number of unbranched alkanes of at least 4 members (excludes halogenated alkanes) is 5. The van der Waals surface area contributed by atoms with Gasteiger partial charge < -0.3 is 10.0 Å². The first-order valence-corrected chi connectivity index (χ1v) is 7.30. The van der Waals surface area contributed by atoms with Gasteiger partial charge in [0, 0.05) is 19.2 Å². The molecular weight excluding hydrogens is 257 g/mol. The van der Waals surface area contributed by atoms with Gasteiger partial charge in [0.15, 0.2) is 11.6 Å². The molecule has 1 rings (SSSR count). The SMILES string of the molecule is CCCCCCCCN(C)C(=O)c1ccc(O)c(F)c1. The molecule has 0 bridgehead atoms. The van der Waals surface area contributed by atoms with Crippen LogP contribution in [0.3, 0.4) is 0 Å². The number of carbonyl (C=O) groups excluding carboxylic acids is 1. The Balaban J connectivity index is 2.37. The number of hydrogen-bond donors (Lipinski definition) is 1. The van der Waals surface area contributed by atoms with Crippen LogP contribution >= 0.6 is 0 Å². The lowest BCUT2D eigenvalue weighted by atomic mass is 10.1. The van der Waals surface area contributed by atoms with E-state index in [4.69, 9.17) is 5.11 Å². The molecule has 4 heteroatoms. The zero-order chi connectivity index (χ0) is 15.0. The molecular formula is C16H24FNO2. The summed E-state index contributed by atoms with van der Waals surface area (Å²) in [6.45, 7) is 2.86. The molecule has 1 amide bonds. The van der Waals surface area contributed by atoms with Gasteiger partial charge >= 0.3 is 0 Å². The second-order valence-corrected chi connectivity index (χ2v) is 5.16. The fraction of sp³-hybridized carbons (Fsp3) is 0.562. The summed E-state index contributed by atoms with van der Waals surface area (Å²) in [5.74, 6) is -1.40. The fourth-order valence-electron chi connectivity index (χ4n) is 2.09. The summed E-state index contributed by atoms with van der Waals surface area (Å²) in [7, 11) is 1.72. The van der Waals surface area contributed by atoms with Gasteiger partial charge in [0.2, 0.25) is 0 Å². The van der Waals surface area contributed by atoms with Crippen molar-refractivity contribution in [2.24, 2.45) is 0 Å². The van der Waals surface area contributed by atoms with Crippen molar-refractivity contribution in [1.29, 1.82) is 0 Å². The number of carbonyl (C=O) groups is 1. The molecule has 0 heterocycles. The van der Waals surface area contributed by atoms with Crippen LogP contribution in [0.4, 0.5) is 4.39 Å². The van der Waals surface area contributed by atoms with E-state index < -0.39 is 11.6 Å². The molecule has 3 nitrogen and oxygen atoms in total. The molecule has 0 atom stereocenters. The molecule has 0 unspecified atom stereocenters. The van der Waals surface area contributed by atoms with E-state index in [-0.39, 0.29) is 11.5 Å². The molecule has 1 aromatic carbocycles. The zero-order valence-electron chi connectivity index (χ0n) is 12.4. The van der Waals surface area contributed by atoms with Gasteiger partial charge in [-0.1, -0.05) is 39.0 Å². The topological polar surface area (TPSA) is 40.5 Å². The van der Waals surface area contributed by atoms with Crippen LogP contribution in [-0.4, -0.2) is 29.5 Å². The first kappa shape index (κ1) is 16.5. The van der Waals surface area contributed by atoms with Gasteiger partial charge in [0.05, 0.1) is 0 Å². The Morgan fingerprint density at radius 3 is 2.50 bits per heavy atom. The molecule has 1 aromatic rings. The zero-order valence-corrected chi connectivity index (χ0v) is 12.4. The highest BCUT2D eigenvalue weighted by molar-refractivity contribution is 5.94. The number of hydrogen-bond acceptors (Lipinski definition) is 2. The minimum Gasteiger partial charge on any atom is -0.505 e. The molecule has 0 aliphatic heterocycles. The van der Waals surface area contributed by atoms with Crippen LogP contribution in [0.15, 0.2) is 18.2 Å². The Kier molecular flexibility index (Phi) is 7.05. The number of halogens is 1. The first-order valence-electron chi connectivity index (χ1n) is 7.30. The minimum atomic E-state index is -0.760. The molecule has 0 saturated carbocycles. The predicted octanol–water partition coefficient (Wildman–Crippen LogP) is 3.96. The highest BCUT2D eigenvalue weighted by Crippen LogP contribution is 2.17. The average molecular weight is 281 g/mol. The second-order valence-electron chi connectivity index (χ2n) is 5.16. The van der Waals surface area contributed by atoms with Crippen LogP contribution in [0.2, 0.25) is 0 Å². The molecule has 0 fully saturated rings. The van der Waals surface area contributed by atoms with Gasteiger partial charge in [0.1, 0.15) is 0 Å². The van der Waals surface area contributed by atoms with Crippen molar-refractivity contribution in [3.05, 3.63) is 29.6 Å². The highest BCUT2D eigenvalue weighted by atomic mass is 19.1. The van der Waals surface area contributed by atoms with Gasteiger partial charge in [-0.25, -0.2) is 4.39 Å². The molecule has 20 heavy (non-hydrogen) atoms. The highest BCUT2D eigenvalue weighted by Gasteiger charge is 2.13. The maximum Gasteiger partial charge on any atom is 0.253 e. The molecule has 0 aliphatic rings. The van der Waals surface area contributed by atoms with Crippen molar-refractivity contribution in [2.45, 2.75) is 45.4 Å². The van der Waals surface area contributed by atoms with Crippen molar-refractivity contribution < 1.29 is 14.3 Å². The summed E-state index contributed by atoms with van der Waals surface area (Å²) < 4.78 is 13.2. The van der Waals surface area contributed by atoms with E-state index >= 15 is 0 Å². The smallest absolute Gasteiger partial charge is 0.253 e. The van der Waals surface area contributed by atoms with Crippen molar-refractivity contribution in [1.82, 2.24) is 4.90 Å². The third-order valence-corrected chi connectivity index (χ3v) is 3.39. The Bertz CT molecular complexity index is 434. The third-order valence-electron chi connectivity index (χ3n) is 3.39. The fourth-order valence-corrected chi connectivity index (χ4v) is 2.09. The number of aromatic hydroxyl groups is 1. The van der Waals surface area contributed by atoms with Gasteiger partial charge in [-0.15, -0.1) is 0 Å². The van der Waals surface area contributed by atoms with Gasteiger partial charge in [-0.3, -0.25) is 4.79 Å². The maximum absolute atomic E-state index is 13.2. The molecule has 0 spiro atoms. The van der Waals surface area contributed by atoms with Crippen molar-refractivity contribution in [3.63, 3.8) is 0 Å². The van der Waals surface area contributed by atoms with Crippen LogP contribution in [0.25, 0.3) is 0 Å². The maximum atomic E-state index is 13.2. The minimum absolute atomic E-state index is 0.211. The molecule has 0 saturated heterocycles. The second kappa shape index (κ2) is 8.56. The van der Waals surface area contributed by atoms with Crippen LogP contribution in [0.5, 0.6) is 5.75 Å². The standard InChI is InChI=1S/C16H24FNO2/c1-3-4-5-6-7-8-11-18(2)16(20)13-9-10-15(19)14(17)12-13/h9-10,12,19H,3-8,11H2,1-2H3. The molecule has 1 N–H and O–H groups in total. The number of benzene rings is 1. The predicted molar refractivity (Wildman–Crippen MR) is 78.4 cm³/mol. The number of nitrogens with zero attached hydrogens (tertiary/aromatic N) is 1. The van der Waals surface area contributed by atoms with E-state index in [9.17, 15) is 9.18 Å². The molecule has 0 aromatic heterocycles. The molecule has 112 valence electrons. The van der Waals surface area contributed by atoms with Crippen LogP contribution in [0.1, 0.15) is 55.8 Å².